The Balaban J connectivity index is 1.43. The molecule has 0 aliphatic rings. The molecule has 5 aromatic rings. The molecule has 0 bridgehead atoms. The van der Waals surface area contributed by atoms with E-state index in [1.165, 1.54) is 0 Å². The average Bonchev–Trinajstić information content (AvgIpc) is 3.17. The molecule has 0 aliphatic heterocycles. The molecule has 8 heteroatoms. The minimum absolute atomic E-state index is 0.0926. The van der Waals surface area contributed by atoms with Gasteiger partial charge in [-0.05, 0) is 82.8 Å². The summed E-state index contributed by atoms with van der Waals surface area (Å²) in [5.74, 6) is -0.274. The Labute approximate surface area is 303 Å². The monoisotopic (exact) mass is 704 g/mol. The van der Waals surface area contributed by atoms with Crippen LogP contribution in [0.4, 0.5) is 0 Å². The number of benzene rings is 5. The van der Waals surface area contributed by atoms with E-state index in [2.05, 4.69) is 74.1 Å². The average molecular weight is 705 g/mol. The lowest BCUT2D eigenvalue weighted by atomic mass is 9.84. The Morgan fingerprint density at radius 1 is 0.627 bits per heavy atom. The number of sulfonamides is 1. The van der Waals surface area contributed by atoms with Crippen molar-refractivity contribution in [1.82, 2.24) is 10.0 Å². The first-order chi connectivity index (χ1) is 24.4. The van der Waals surface area contributed by atoms with Gasteiger partial charge in [-0.2, -0.15) is 0 Å². The number of carbonyl (C=O) groups is 1. The van der Waals surface area contributed by atoms with E-state index >= 15 is 0 Å². The zero-order valence-corrected chi connectivity index (χ0v) is 31.0. The number of nitrogens with one attached hydrogen (secondary N) is 2. The van der Waals surface area contributed by atoms with Gasteiger partial charge >= 0.3 is 0 Å². The van der Waals surface area contributed by atoms with Crippen molar-refractivity contribution < 1.29 is 13.2 Å². The molecule has 51 heavy (non-hydrogen) atoms. The van der Waals surface area contributed by atoms with Crippen LogP contribution >= 0.6 is 0 Å². The molecule has 0 heterocycles. The van der Waals surface area contributed by atoms with Crippen LogP contribution in [-0.4, -0.2) is 14.3 Å². The third kappa shape index (κ3) is 8.94. The molecule has 5 rings (SSSR count). The predicted octanol–water partition coefficient (Wildman–Crippen LogP) is 8.30. The Hall–Kier alpha value is -4.34. The lowest BCUT2D eigenvalue weighted by Gasteiger charge is -2.29. The molecule has 0 aliphatic carbocycles. The van der Waals surface area contributed by atoms with Crippen LogP contribution in [0.15, 0.2) is 126 Å². The van der Waals surface area contributed by atoms with Gasteiger partial charge in [0.25, 0.3) is 0 Å². The van der Waals surface area contributed by atoms with Gasteiger partial charge in [0.1, 0.15) is 0 Å². The van der Waals surface area contributed by atoms with Crippen molar-refractivity contribution in [2.24, 2.45) is 11.5 Å². The van der Waals surface area contributed by atoms with Crippen molar-refractivity contribution in [1.29, 1.82) is 0 Å². The van der Waals surface area contributed by atoms with Gasteiger partial charge in [0.05, 0.1) is 17.0 Å². The minimum atomic E-state index is -3.97. The van der Waals surface area contributed by atoms with Crippen molar-refractivity contribution >= 4 is 26.7 Å². The maximum Gasteiger partial charge on any atom is 0.241 e. The lowest BCUT2D eigenvalue weighted by Crippen LogP contribution is -2.36. The van der Waals surface area contributed by atoms with Crippen LogP contribution in [-0.2, 0) is 32.3 Å². The largest absolute Gasteiger partial charge is 0.349 e. The normalized spacial score (nSPS) is 13.5. The highest BCUT2D eigenvalue weighted by Crippen LogP contribution is 2.30. The van der Waals surface area contributed by atoms with E-state index in [-0.39, 0.29) is 28.8 Å². The molecule has 2 atom stereocenters. The van der Waals surface area contributed by atoms with Crippen LogP contribution in [0, 0.1) is 0 Å². The molecule has 1 amide bonds. The molecule has 0 spiro atoms. The smallest absolute Gasteiger partial charge is 0.241 e. The summed E-state index contributed by atoms with van der Waals surface area (Å²) in [4.78, 5) is 14.1. The molecule has 2 unspecified atom stereocenters. The third-order valence-electron chi connectivity index (χ3n) is 10.6. The second-order valence-corrected chi connectivity index (χ2v) is 15.4. The maximum absolute atomic E-state index is 14.0. The van der Waals surface area contributed by atoms with E-state index in [1.54, 1.807) is 18.2 Å². The molecule has 0 saturated carbocycles. The Kier molecular flexibility index (Phi) is 12.1. The van der Waals surface area contributed by atoms with Crippen LogP contribution < -0.4 is 21.5 Å². The van der Waals surface area contributed by atoms with Gasteiger partial charge in [-0.25, -0.2) is 13.1 Å². The summed E-state index contributed by atoms with van der Waals surface area (Å²) in [7, 11) is -3.97. The van der Waals surface area contributed by atoms with Crippen LogP contribution in [0.25, 0.3) is 10.8 Å². The van der Waals surface area contributed by atoms with Gasteiger partial charge in [-0.15, -0.1) is 0 Å². The molecule has 6 N–H and O–H groups in total. The summed E-state index contributed by atoms with van der Waals surface area (Å²) in [6, 6.07) is 37.3. The first-order valence-corrected chi connectivity index (χ1v) is 19.5. The maximum atomic E-state index is 14.0. The third-order valence-corrected chi connectivity index (χ3v) is 12.1. The summed E-state index contributed by atoms with van der Waals surface area (Å²) >= 11 is 0. The number of hydrogen-bond donors (Lipinski definition) is 4. The Bertz CT molecular complexity index is 2000. The summed E-state index contributed by atoms with van der Waals surface area (Å²) in [5.41, 5.74) is 17.4. The van der Waals surface area contributed by atoms with Gasteiger partial charge in [0.2, 0.25) is 15.9 Å². The van der Waals surface area contributed by atoms with Gasteiger partial charge in [-0.1, -0.05) is 137 Å². The van der Waals surface area contributed by atoms with Crippen LogP contribution in [0.2, 0.25) is 0 Å². The summed E-state index contributed by atoms with van der Waals surface area (Å²) in [5, 5.41) is 5.03. The highest BCUT2D eigenvalue weighted by molar-refractivity contribution is 7.89. The van der Waals surface area contributed by atoms with Crippen molar-refractivity contribution in [3.8, 4) is 0 Å². The molecular formula is C43H52N4O3S. The lowest BCUT2D eigenvalue weighted by molar-refractivity contribution is -0.122. The molecular weight excluding hydrogens is 653 g/mol. The van der Waals surface area contributed by atoms with Gasteiger partial charge in [0.15, 0.2) is 0 Å². The molecule has 0 saturated heterocycles. The van der Waals surface area contributed by atoms with E-state index in [9.17, 15) is 13.2 Å². The van der Waals surface area contributed by atoms with Gasteiger partial charge < -0.3 is 16.8 Å². The fourth-order valence-electron chi connectivity index (χ4n) is 6.77. The SMILES string of the molecule is CCC(N)(CC)c1ccc(CC(NC(=O)CC(NS(=O)(=O)c2ccc3ccccc3c2)c2ccccc2)c2ccc(C(N)(CC)CC)cc2)cc1. The van der Waals surface area contributed by atoms with E-state index in [1.807, 2.05) is 66.7 Å². The molecule has 7 nitrogen and oxygen atoms in total. The van der Waals surface area contributed by atoms with Crippen LogP contribution in [0.5, 0.6) is 0 Å². The second-order valence-electron chi connectivity index (χ2n) is 13.7. The Morgan fingerprint density at radius 2 is 1.14 bits per heavy atom. The standard InChI is InChI=1S/C43H52N4O3S/c1-5-42(44,6-2)36-23-18-31(19-24-36)28-39(34-20-25-37(26-21-34)43(45,7-3)8-4)46-41(48)30-40(33-15-10-9-11-16-33)47-51(49,50)38-27-22-32-14-12-13-17-35(32)29-38/h9-27,29,39-40,47H,5-8,28,30,44-45H2,1-4H3,(H,46,48). The van der Waals surface area contributed by atoms with E-state index < -0.39 is 21.6 Å². The van der Waals surface area contributed by atoms with Crippen molar-refractivity contribution in [2.45, 2.75) is 94.3 Å². The fraction of sp³-hybridized carbons (Fsp3) is 0.326. The first-order valence-electron chi connectivity index (χ1n) is 18.1. The van der Waals surface area contributed by atoms with Crippen LogP contribution in [0.1, 0.15) is 99.7 Å². The van der Waals surface area contributed by atoms with Crippen molar-refractivity contribution in [2.75, 3.05) is 0 Å². The minimum Gasteiger partial charge on any atom is -0.349 e. The predicted molar refractivity (Wildman–Crippen MR) is 208 cm³/mol. The van der Waals surface area contributed by atoms with Gasteiger partial charge in [0, 0.05) is 17.5 Å². The zero-order valence-electron chi connectivity index (χ0n) is 30.2. The van der Waals surface area contributed by atoms with Crippen molar-refractivity contribution in [3.05, 3.63) is 149 Å². The first kappa shape index (κ1) is 37.9. The summed E-state index contributed by atoms with van der Waals surface area (Å²) in [6.45, 7) is 8.39. The zero-order chi connectivity index (χ0) is 36.6. The molecule has 0 fully saturated rings. The number of hydrogen-bond acceptors (Lipinski definition) is 5. The quantitative estimate of drug-likeness (QED) is 0.0822. The molecule has 0 aromatic heterocycles. The fourth-order valence-corrected chi connectivity index (χ4v) is 8.03. The van der Waals surface area contributed by atoms with E-state index in [4.69, 9.17) is 11.5 Å². The molecule has 5 aromatic carbocycles. The van der Waals surface area contributed by atoms with E-state index in [0.29, 0.717) is 12.0 Å². The Morgan fingerprint density at radius 3 is 1.71 bits per heavy atom. The number of carbonyl (C=O) groups excluding carboxylic acids is 1. The summed E-state index contributed by atoms with van der Waals surface area (Å²) < 4.78 is 30.4. The second kappa shape index (κ2) is 16.3. The number of amides is 1. The number of rotatable bonds is 16. The topological polar surface area (TPSA) is 127 Å². The summed E-state index contributed by atoms with van der Waals surface area (Å²) in [6.07, 6.45) is 3.73. The molecule has 0 radical (unpaired) electrons. The number of nitrogens with two attached hydrogens (primary N) is 2. The van der Waals surface area contributed by atoms with E-state index in [0.717, 1.165) is 58.7 Å². The highest BCUT2D eigenvalue weighted by Gasteiger charge is 2.27. The van der Waals surface area contributed by atoms with Gasteiger partial charge in [-0.3, -0.25) is 4.79 Å². The number of fused-ring (bicyclic) bond motifs is 1. The molecule has 268 valence electrons. The highest BCUT2D eigenvalue weighted by atomic mass is 32.2. The van der Waals surface area contributed by atoms with Crippen molar-refractivity contribution in [3.63, 3.8) is 0 Å². The van der Waals surface area contributed by atoms with Crippen LogP contribution in [0.3, 0.4) is 0 Å².